The standard InChI is InChI=1S/C10H15BrN2/c1-7-3-9(11)5-10(4-7)13-8(2)6-12/h3-5,8,13H,6,12H2,1-2H3. The molecule has 2 nitrogen and oxygen atoms in total. The highest BCUT2D eigenvalue weighted by Gasteiger charge is 2.00. The molecule has 0 aliphatic carbocycles. The number of halogens is 1. The average Bonchev–Trinajstić information content (AvgIpc) is 2.02. The second-order valence-corrected chi connectivity index (χ2v) is 4.21. The summed E-state index contributed by atoms with van der Waals surface area (Å²) in [4.78, 5) is 0. The van der Waals surface area contributed by atoms with Gasteiger partial charge in [-0.15, -0.1) is 0 Å². The Morgan fingerprint density at radius 2 is 2.15 bits per heavy atom. The normalized spacial score (nSPS) is 12.6. The minimum atomic E-state index is 0.314. The molecule has 1 rings (SSSR count). The molecule has 0 spiro atoms. The van der Waals surface area contributed by atoms with E-state index in [4.69, 9.17) is 5.73 Å². The Hall–Kier alpha value is -0.540. The van der Waals surface area contributed by atoms with Crippen molar-refractivity contribution < 1.29 is 0 Å². The van der Waals surface area contributed by atoms with Crippen LogP contribution in [0.4, 0.5) is 5.69 Å². The molecule has 0 fully saturated rings. The van der Waals surface area contributed by atoms with Crippen molar-refractivity contribution in [3.8, 4) is 0 Å². The Morgan fingerprint density at radius 1 is 1.46 bits per heavy atom. The van der Waals surface area contributed by atoms with Crippen molar-refractivity contribution in [3.63, 3.8) is 0 Å². The van der Waals surface area contributed by atoms with Crippen LogP contribution in [0, 0.1) is 6.92 Å². The van der Waals surface area contributed by atoms with Gasteiger partial charge in [-0.25, -0.2) is 0 Å². The Bertz CT molecular complexity index is 266. The van der Waals surface area contributed by atoms with Crippen LogP contribution in [0.5, 0.6) is 0 Å². The van der Waals surface area contributed by atoms with Crippen LogP contribution in [0.15, 0.2) is 22.7 Å². The number of rotatable bonds is 3. The molecule has 0 saturated carbocycles. The summed E-state index contributed by atoms with van der Waals surface area (Å²) in [5.41, 5.74) is 7.87. The van der Waals surface area contributed by atoms with E-state index in [1.54, 1.807) is 0 Å². The zero-order valence-corrected chi connectivity index (χ0v) is 9.56. The highest BCUT2D eigenvalue weighted by Crippen LogP contribution is 2.19. The maximum atomic E-state index is 5.52. The van der Waals surface area contributed by atoms with Crippen LogP contribution in [0.2, 0.25) is 0 Å². The van der Waals surface area contributed by atoms with Crippen LogP contribution >= 0.6 is 15.9 Å². The van der Waals surface area contributed by atoms with Gasteiger partial charge in [0.1, 0.15) is 0 Å². The molecule has 0 amide bonds. The number of nitrogens with two attached hydrogens (primary N) is 1. The van der Waals surface area contributed by atoms with Crippen molar-refractivity contribution in [1.82, 2.24) is 0 Å². The van der Waals surface area contributed by atoms with Crippen molar-refractivity contribution in [1.29, 1.82) is 0 Å². The summed E-state index contributed by atoms with van der Waals surface area (Å²) in [7, 11) is 0. The first-order chi connectivity index (χ1) is 6.11. The predicted molar refractivity (Wildman–Crippen MR) is 61.0 cm³/mol. The Kier molecular flexibility index (Phi) is 3.75. The molecule has 1 aromatic rings. The van der Waals surface area contributed by atoms with E-state index in [9.17, 15) is 0 Å². The van der Waals surface area contributed by atoms with Crippen molar-refractivity contribution in [2.45, 2.75) is 19.9 Å². The first kappa shape index (κ1) is 10.5. The van der Waals surface area contributed by atoms with Crippen molar-refractivity contribution in [2.75, 3.05) is 11.9 Å². The van der Waals surface area contributed by atoms with Crippen molar-refractivity contribution >= 4 is 21.6 Å². The minimum absolute atomic E-state index is 0.314. The summed E-state index contributed by atoms with van der Waals surface area (Å²) in [6.45, 7) is 4.78. The number of nitrogens with one attached hydrogen (secondary N) is 1. The lowest BCUT2D eigenvalue weighted by atomic mass is 10.2. The molecular formula is C10H15BrN2. The van der Waals surface area contributed by atoms with Gasteiger partial charge in [0.2, 0.25) is 0 Å². The van der Waals surface area contributed by atoms with E-state index in [0.29, 0.717) is 12.6 Å². The van der Waals surface area contributed by atoms with Gasteiger partial charge in [0.15, 0.2) is 0 Å². The van der Waals surface area contributed by atoms with Crippen LogP contribution in [0.3, 0.4) is 0 Å². The topological polar surface area (TPSA) is 38.0 Å². The van der Waals surface area contributed by atoms with E-state index in [0.717, 1.165) is 10.2 Å². The number of aryl methyl sites for hydroxylation is 1. The lowest BCUT2D eigenvalue weighted by Gasteiger charge is -2.13. The largest absolute Gasteiger partial charge is 0.381 e. The fourth-order valence-corrected chi connectivity index (χ4v) is 1.77. The molecule has 0 aliphatic rings. The maximum absolute atomic E-state index is 5.52. The van der Waals surface area contributed by atoms with E-state index >= 15 is 0 Å². The summed E-state index contributed by atoms with van der Waals surface area (Å²) >= 11 is 3.45. The minimum Gasteiger partial charge on any atom is -0.381 e. The molecule has 0 heterocycles. The van der Waals surface area contributed by atoms with E-state index < -0.39 is 0 Å². The molecule has 72 valence electrons. The van der Waals surface area contributed by atoms with Crippen LogP contribution < -0.4 is 11.1 Å². The lowest BCUT2D eigenvalue weighted by Crippen LogP contribution is -2.25. The quantitative estimate of drug-likeness (QED) is 0.856. The number of hydrogen-bond acceptors (Lipinski definition) is 2. The monoisotopic (exact) mass is 242 g/mol. The van der Waals surface area contributed by atoms with Gasteiger partial charge in [-0.3, -0.25) is 0 Å². The van der Waals surface area contributed by atoms with E-state index in [-0.39, 0.29) is 0 Å². The van der Waals surface area contributed by atoms with Gasteiger partial charge in [-0.1, -0.05) is 15.9 Å². The average molecular weight is 243 g/mol. The number of anilines is 1. The zero-order valence-electron chi connectivity index (χ0n) is 7.97. The van der Waals surface area contributed by atoms with Gasteiger partial charge in [0, 0.05) is 22.7 Å². The first-order valence-corrected chi connectivity index (χ1v) is 5.15. The maximum Gasteiger partial charge on any atom is 0.0356 e. The Labute approximate surface area is 87.6 Å². The summed E-state index contributed by atoms with van der Waals surface area (Å²) in [5.74, 6) is 0. The van der Waals surface area contributed by atoms with Gasteiger partial charge in [-0.05, 0) is 37.6 Å². The van der Waals surface area contributed by atoms with Gasteiger partial charge in [0.05, 0.1) is 0 Å². The molecule has 0 aliphatic heterocycles. The summed E-state index contributed by atoms with van der Waals surface area (Å²) in [6.07, 6.45) is 0. The van der Waals surface area contributed by atoms with Gasteiger partial charge in [0.25, 0.3) is 0 Å². The summed E-state index contributed by atoms with van der Waals surface area (Å²) < 4.78 is 1.10. The third kappa shape index (κ3) is 3.36. The SMILES string of the molecule is Cc1cc(Br)cc(NC(C)CN)c1. The molecule has 13 heavy (non-hydrogen) atoms. The first-order valence-electron chi connectivity index (χ1n) is 4.35. The van der Waals surface area contributed by atoms with Crippen molar-refractivity contribution in [3.05, 3.63) is 28.2 Å². The van der Waals surface area contributed by atoms with E-state index in [1.807, 2.05) is 0 Å². The smallest absolute Gasteiger partial charge is 0.0356 e. The fraction of sp³-hybridized carbons (Fsp3) is 0.400. The van der Waals surface area contributed by atoms with Crippen LogP contribution in [0.1, 0.15) is 12.5 Å². The van der Waals surface area contributed by atoms with Crippen LogP contribution in [-0.4, -0.2) is 12.6 Å². The molecule has 1 atom stereocenters. The Morgan fingerprint density at radius 3 is 2.69 bits per heavy atom. The van der Waals surface area contributed by atoms with E-state index in [1.165, 1.54) is 5.56 Å². The van der Waals surface area contributed by atoms with E-state index in [2.05, 4.69) is 53.3 Å². The van der Waals surface area contributed by atoms with Gasteiger partial charge in [-0.2, -0.15) is 0 Å². The molecule has 0 aromatic heterocycles. The second kappa shape index (κ2) is 4.63. The lowest BCUT2D eigenvalue weighted by molar-refractivity contribution is 0.804. The van der Waals surface area contributed by atoms with Crippen LogP contribution in [-0.2, 0) is 0 Å². The van der Waals surface area contributed by atoms with Gasteiger partial charge >= 0.3 is 0 Å². The third-order valence-electron chi connectivity index (χ3n) is 1.81. The highest BCUT2D eigenvalue weighted by atomic mass is 79.9. The molecule has 0 bridgehead atoms. The molecule has 1 aromatic carbocycles. The van der Waals surface area contributed by atoms with Crippen LogP contribution in [0.25, 0.3) is 0 Å². The fourth-order valence-electron chi connectivity index (χ4n) is 1.16. The molecule has 3 N–H and O–H groups in total. The summed E-state index contributed by atoms with van der Waals surface area (Å²) in [5, 5.41) is 3.32. The zero-order chi connectivity index (χ0) is 9.84. The summed E-state index contributed by atoms with van der Waals surface area (Å²) in [6, 6.07) is 6.56. The molecule has 0 radical (unpaired) electrons. The van der Waals surface area contributed by atoms with Gasteiger partial charge < -0.3 is 11.1 Å². The van der Waals surface area contributed by atoms with Crippen molar-refractivity contribution in [2.24, 2.45) is 5.73 Å². The second-order valence-electron chi connectivity index (χ2n) is 3.30. The molecule has 3 heteroatoms. The molecule has 1 unspecified atom stereocenters. The molecular weight excluding hydrogens is 228 g/mol. The highest BCUT2D eigenvalue weighted by molar-refractivity contribution is 9.10. The third-order valence-corrected chi connectivity index (χ3v) is 2.27. The predicted octanol–water partition coefficient (Wildman–Crippen LogP) is 2.52. The Balaban J connectivity index is 2.77. The number of hydrogen-bond donors (Lipinski definition) is 2. The molecule has 0 saturated heterocycles. The number of benzene rings is 1.